The molecule has 0 unspecified atom stereocenters. The van der Waals surface area contributed by atoms with E-state index in [1.54, 1.807) is 6.33 Å². The van der Waals surface area contributed by atoms with Gasteiger partial charge in [-0.2, -0.15) is 0 Å². The van der Waals surface area contributed by atoms with Gasteiger partial charge in [-0.25, -0.2) is 9.97 Å². The second kappa shape index (κ2) is 48.1. The number of hydrogen-bond donors (Lipinski definition) is 0. The van der Waals surface area contributed by atoms with E-state index in [0.717, 1.165) is 53.0 Å². The molecule has 0 bridgehead atoms. The van der Waals surface area contributed by atoms with Crippen molar-refractivity contribution in [1.29, 1.82) is 0 Å². The number of aromatic nitrogens is 3. The van der Waals surface area contributed by atoms with Gasteiger partial charge in [-0.3, -0.25) is 4.98 Å². The molecule has 1 aliphatic rings. The molecule has 1 aliphatic heterocycles. The van der Waals surface area contributed by atoms with Gasteiger partial charge in [0.15, 0.2) is 0 Å². The van der Waals surface area contributed by atoms with Gasteiger partial charge in [-0.15, -0.1) is 5.41 Å². The number of rotatable bonds is 1. The zero-order valence-electron chi connectivity index (χ0n) is 41.6. The van der Waals surface area contributed by atoms with Crippen molar-refractivity contribution in [2.75, 3.05) is 13.2 Å². The van der Waals surface area contributed by atoms with Crippen LogP contribution in [0.3, 0.4) is 0 Å². The first-order valence-corrected chi connectivity index (χ1v) is 21.7. The summed E-state index contributed by atoms with van der Waals surface area (Å²) in [4.78, 5) is 12.2. The average molecular weight is 865 g/mol. The SMILES string of the molecule is CC.CC.CC.CC.CC.CC(C)(C)C1CCOCC1.CC(C)C.CC(C)C.[CH-]=CC(=[CH-])C(C)(C)C.[Y].c1ccc2ncccc2c1.c1ccc2ncncc2c1. The molecule has 3 heterocycles. The van der Waals surface area contributed by atoms with E-state index in [1.807, 2.05) is 151 Å². The van der Waals surface area contributed by atoms with Gasteiger partial charge >= 0.3 is 0 Å². The molecule has 0 spiro atoms. The summed E-state index contributed by atoms with van der Waals surface area (Å²) in [6, 6.07) is 20.0. The Kier molecular flexibility index (Phi) is 58.5. The van der Waals surface area contributed by atoms with E-state index in [-0.39, 0.29) is 38.1 Å². The fraction of sp³-hybridized carbons (Fsp3) is 0.596. The second-order valence-corrected chi connectivity index (χ2v) is 14.9. The molecule has 0 saturated carbocycles. The molecule has 1 saturated heterocycles. The van der Waals surface area contributed by atoms with Crippen molar-refractivity contribution in [1.82, 2.24) is 15.0 Å². The number of allylic oxidation sites excluding steroid dienone is 2. The van der Waals surface area contributed by atoms with E-state index in [0.29, 0.717) is 5.41 Å². The Balaban J connectivity index is -0.000000103. The van der Waals surface area contributed by atoms with Crippen LogP contribution in [0.4, 0.5) is 0 Å². The number of para-hydroxylation sites is 2. The molecule has 0 amide bonds. The molecular formula is C52H93N3OY-2. The van der Waals surface area contributed by atoms with Crippen LogP contribution in [0, 0.1) is 41.7 Å². The molecule has 4 nitrogen and oxygen atoms in total. The Hall–Kier alpha value is -2.27. The minimum absolute atomic E-state index is 0. The Morgan fingerprint density at radius 2 is 1.00 bits per heavy atom. The molecule has 1 radical (unpaired) electrons. The first-order valence-electron chi connectivity index (χ1n) is 21.7. The normalized spacial score (nSPS) is 10.9. The van der Waals surface area contributed by atoms with E-state index < -0.39 is 0 Å². The van der Waals surface area contributed by atoms with Crippen molar-refractivity contribution < 1.29 is 37.4 Å². The van der Waals surface area contributed by atoms with Crippen LogP contribution < -0.4 is 0 Å². The minimum Gasteiger partial charge on any atom is -0.394 e. The Morgan fingerprint density at radius 3 is 1.32 bits per heavy atom. The fourth-order valence-corrected chi connectivity index (χ4v) is 3.75. The molecule has 2 aromatic heterocycles. The van der Waals surface area contributed by atoms with Gasteiger partial charge < -0.3 is 29.5 Å². The molecule has 0 atom stereocenters. The summed E-state index contributed by atoms with van der Waals surface area (Å²) in [5.74, 6) is 2.54. The summed E-state index contributed by atoms with van der Waals surface area (Å²) >= 11 is 0. The van der Waals surface area contributed by atoms with Crippen LogP contribution in [0.1, 0.15) is 165 Å². The van der Waals surface area contributed by atoms with Crippen molar-refractivity contribution >= 4 is 21.8 Å². The van der Waals surface area contributed by atoms with Crippen LogP contribution in [0.15, 0.2) is 91.0 Å². The van der Waals surface area contributed by atoms with Gasteiger partial charge in [-0.05, 0) is 54.2 Å². The van der Waals surface area contributed by atoms with E-state index in [4.69, 9.17) is 17.9 Å². The maximum atomic E-state index is 5.49. The van der Waals surface area contributed by atoms with Crippen LogP contribution in [-0.2, 0) is 37.4 Å². The maximum Gasteiger partial charge on any atom is 0.116 e. The molecule has 327 valence electrons. The molecule has 5 rings (SSSR count). The van der Waals surface area contributed by atoms with Crippen LogP contribution in [0.25, 0.3) is 21.8 Å². The maximum absolute atomic E-state index is 5.49. The van der Waals surface area contributed by atoms with Gasteiger partial charge in [-0.1, -0.05) is 195 Å². The predicted octanol–water partition coefficient (Wildman–Crippen LogP) is 17.2. The van der Waals surface area contributed by atoms with Crippen LogP contribution in [0.2, 0.25) is 0 Å². The summed E-state index contributed by atoms with van der Waals surface area (Å²) in [7, 11) is 0. The summed E-state index contributed by atoms with van der Waals surface area (Å²) < 4.78 is 5.29. The number of nitrogens with zero attached hydrogens (tertiary/aromatic N) is 3. The molecule has 5 heteroatoms. The molecule has 0 aliphatic carbocycles. The van der Waals surface area contributed by atoms with Crippen molar-refractivity contribution in [3.05, 3.63) is 104 Å². The number of benzene rings is 2. The molecule has 57 heavy (non-hydrogen) atoms. The predicted molar refractivity (Wildman–Crippen MR) is 258 cm³/mol. The van der Waals surface area contributed by atoms with E-state index in [9.17, 15) is 0 Å². The second-order valence-electron chi connectivity index (χ2n) is 14.9. The third-order valence-electron chi connectivity index (χ3n) is 6.42. The molecule has 0 N–H and O–H groups in total. The monoisotopic (exact) mass is 865 g/mol. The van der Waals surface area contributed by atoms with Gasteiger partial charge in [0.05, 0.1) is 11.0 Å². The first-order chi connectivity index (χ1) is 26.5. The Morgan fingerprint density at radius 1 is 0.632 bits per heavy atom. The standard InChI is InChI=1S/C9H7N.C9H18O.C8H6N2.C8H12.2C4H10.5C2H6.Y/c1-2-6-9-8(4-1)5-3-7-10-9;1-9(2,3)8-4-6-10-7-5-8;1-2-4-8-7(3-1)5-9-6-10-8;1-6-7(2)8(3,4)5;2*1-4(2)3;5*1-2;/h1-7H;8H,4-7H2,1-3H3;1-6H;1-2,6H,3-5H3;2*4H,1-3H3;5*1-2H3;/q;;;-2;;;;;;;;. The quantitative estimate of drug-likeness (QED) is 0.141. The molecule has 2 aromatic carbocycles. The van der Waals surface area contributed by atoms with Gasteiger partial charge in [0.25, 0.3) is 0 Å². The first kappa shape index (κ1) is 69.4. The van der Waals surface area contributed by atoms with Crippen molar-refractivity contribution in [2.45, 2.75) is 165 Å². The largest absolute Gasteiger partial charge is 0.394 e. The molecular weight excluding hydrogens is 771 g/mol. The summed E-state index contributed by atoms with van der Waals surface area (Å²) in [6.45, 7) is 58.6. The number of pyridine rings is 1. The third kappa shape index (κ3) is 46.3. The van der Waals surface area contributed by atoms with E-state index >= 15 is 0 Å². The summed E-state index contributed by atoms with van der Waals surface area (Å²) in [6.07, 6.45) is 9.12. The van der Waals surface area contributed by atoms with Gasteiger partial charge in [0, 0.05) is 69.1 Å². The van der Waals surface area contributed by atoms with Gasteiger partial charge in [0.1, 0.15) is 6.33 Å². The summed E-state index contributed by atoms with van der Waals surface area (Å²) in [5, 5.41) is 2.29. The Labute approximate surface area is 382 Å². The Bertz CT molecular complexity index is 1150. The zero-order chi connectivity index (χ0) is 45.2. The van der Waals surface area contributed by atoms with E-state index in [1.165, 1.54) is 24.3 Å². The smallest absolute Gasteiger partial charge is 0.116 e. The van der Waals surface area contributed by atoms with Crippen molar-refractivity contribution in [2.24, 2.45) is 28.6 Å². The zero-order valence-corrected chi connectivity index (χ0v) is 44.5. The fourth-order valence-electron chi connectivity index (χ4n) is 3.75. The topological polar surface area (TPSA) is 47.9 Å². The van der Waals surface area contributed by atoms with Crippen molar-refractivity contribution in [3.8, 4) is 0 Å². The summed E-state index contributed by atoms with van der Waals surface area (Å²) in [5.41, 5.74) is 3.30. The number of ether oxygens (including phenoxy) is 1. The van der Waals surface area contributed by atoms with Crippen LogP contribution >= 0.6 is 0 Å². The average Bonchev–Trinajstić information content (AvgIpc) is 3.21. The molecule has 4 aromatic rings. The van der Waals surface area contributed by atoms with Gasteiger partial charge in [0.2, 0.25) is 0 Å². The third-order valence-corrected chi connectivity index (χ3v) is 6.42. The van der Waals surface area contributed by atoms with E-state index in [2.05, 4.69) is 89.4 Å². The number of hydrogen-bond acceptors (Lipinski definition) is 4. The minimum atomic E-state index is 0. The van der Waals surface area contributed by atoms with Crippen LogP contribution in [-0.4, -0.2) is 28.2 Å². The van der Waals surface area contributed by atoms with Crippen LogP contribution in [0.5, 0.6) is 0 Å². The molecule has 1 fully saturated rings. The van der Waals surface area contributed by atoms with Crippen molar-refractivity contribution in [3.63, 3.8) is 0 Å². The number of fused-ring (bicyclic) bond motifs is 2.